The van der Waals surface area contributed by atoms with Crippen molar-refractivity contribution in [3.05, 3.63) is 35.5 Å². The number of nitriles is 1. The van der Waals surface area contributed by atoms with Crippen LogP contribution in [0.3, 0.4) is 0 Å². The van der Waals surface area contributed by atoms with Gasteiger partial charge in [0.05, 0.1) is 22.7 Å². The zero-order chi connectivity index (χ0) is 18.2. The van der Waals surface area contributed by atoms with Crippen molar-refractivity contribution in [2.45, 2.75) is 43.9 Å². The first-order valence-electron chi connectivity index (χ1n) is 10.1. The average molecular weight is 357 g/mol. The Balaban J connectivity index is 1.62. The first-order valence-corrected chi connectivity index (χ1v) is 10.1. The van der Waals surface area contributed by atoms with Crippen molar-refractivity contribution in [1.29, 1.82) is 5.26 Å². The second kappa shape index (κ2) is 5.22. The molecule has 1 N–H and O–H groups in total. The third-order valence-corrected chi connectivity index (χ3v) is 7.48. The predicted octanol–water partition coefficient (Wildman–Crippen LogP) is 4.30. The number of fused-ring (bicyclic) bond motifs is 1. The largest absolute Gasteiger partial charge is 0.326 e. The number of rotatable bonds is 2. The Morgan fingerprint density at radius 1 is 1.11 bits per heavy atom. The minimum Gasteiger partial charge on any atom is -0.326 e. The molecule has 4 bridgehead atoms. The van der Waals surface area contributed by atoms with Gasteiger partial charge in [-0.25, -0.2) is 4.98 Å². The molecule has 0 aliphatic heterocycles. The average Bonchev–Trinajstić information content (AvgIpc) is 3.28. The number of aromatic nitrogens is 4. The Labute approximate surface area is 158 Å². The second-order valence-corrected chi connectivity index (χ2v) is 9.13. The summed E-state index contributed by atoms with van der Waals surface area (Å²) in [5.74, 6) is 3.42. The standard InChI is InChI=1S/C22H23N5/c1-27-18-3-2-16(12-23)19(20(18)25-21(27)17-4-5-24-26-17)22-9-13-6-14(10-22)8-15(7-13)11-22/h2-5,13-15H,6-11H2,1H3,(H,24,26). The van der Waals surface area contributed by atoms with Gasteiger partial charge in [-0.2, -0.15) is 10.4 Å². The topological polar surface area (TPSA) is 70.3 Å². The Morgan fingerprint density at radius 2 is 1.81 bits per heavy atom. The van der Waals surface area contributed by atoms with E-state index in [0.717, 1.165) is 45.9 Å². The Kier molecular flexibility index (Phi) is 2.99. The van der Waals surface area contributed by atoms with Gasteiger partial charge in [-0.3, -0.25) is 5.10 Å². The quantitative estimate of drug-likeness (QED) is 0.743. The van der Waals surface area contributed by atoms with Crippen LogP contribution < -0.4 is 0 Å². The van der Waals surface area contributed by atoms with E-state index in [4.69, 9.17) is 4.98 Å². The van der Waals surface area contributed by atoms with Gasteiger partial charge < -0.3 is 4.57 Å². The van der Waals surface area contributed by atoms with Gasteiger partial charge in [0.25, 0.3) is 0 Å². The molecule has 3 aromatic rings. The molecular formula is C22H23N5. The van der Waals surface area contributed by atoms with Crippen molar-refractivity contribution in [2.24, 2.45) is 24.8 Å². The SMILES string of the molecule is Cn1c(-c2ccn[nH]2)nc2c(C34CC5CC(CC(C5)C3)C4)c(C#N)ccc21. The molecule has 0 atom stereocenters. The highest BCUT2D eigenvalue weighted by Crippen LogP contribution is 2.61. The molecule has 4 fully saturated rings. The van der Waals surface area contributed by atoms with E-state index in [9.17, 15) is 5.26 Å². The number of hydrogen-bond donors (Lipinski definition) is 1. The van der Waals surface area contributed by atoms with Gasteiger partial charge in [0.2, 0.25) is 0 Å². The second-order valence-electron chi connectivity index (χ2n) is 9.13. The summed E-state index contributed by atoms with van der Waals surface area (Å²) < 4.78 is 2.13. The monoisotopic (exact) mass is 357 g/mol. The van der Waals surface area contributed by atoms with Crippen LogP contribution in [0.5, 0.6) is 0 Å². The first kappa shape index (κ1) is 15.4. The number of nitrogens with one attached hydrogen (secondary N) is 1. The van der Waals surface area contributed by atoms with Crippen molar-refractivity contribution in [2.75, 3.05) is 0 Å². The maximum absolute atomic E-state index is 9.94. The lowest BCUT2D eigenvalue weighted by atomic mass is 9.47. The molecule has 0 amide bonds. The molecule has 0 spiro atoms. The van der Waals surface area contributed by atoms with Crippen LogP contribution in [0.25, 0.3) is 22.6 Å². The molecule has 0 unspecified atom stereocenters. The number of aryl methyl sites for hydroxylation is 1. The van der Waals surface area contributed by atoms with Crippen molar-refractivity contribution in [3.8, 4) is 17.6 Å². The van der Waals surface area contributed by atoms with E-state index >= 15 is 0 Å². The number of imidazole rings is 1. The summed E-state index contributed by atoms with van der Waals surface area (Å²) in [6.07, 6.45) is 9.68. The van der Waals surface area contributed by atoms with Crippen LogP contribution >= 0.6 is 0 Å². The van der Waals surface area contributed by atoms with E-state index in [-0.39, 0.29) is 5.41 Å². The van der Waals surface area contributed by atoms with Crippen LogP contribution in [0.15, 0.2) is 24.4 Å². The maximum atomic E-state index is 9.94. The van der Waals surface area contributed by atoms with Crippen LogP contribution in [0.1, 0.15) is 49.7 Å². The van der Waals surface area contributed by atoms with E-state index < -0.39 is 0 Å². The lowest BCUT2D eigenvalue weighted by Gasteiger charge is -2.57. The summed E-state index contributed by atoms with van der Waals surface area (Å²) >= 11 is 0. The number of aromatic amines is 1. The molecule has 0 saturated heterocycles. The maximum Gasteiger partial charge on any atom is 0.158 e. The molecule has 4 aliphatic rings. The molecule has 0 radical (unpaired) electrons. The summed E-state index contributed by atoms with van der Waals surface area (Å²) in [4.78, 5) is 5.06. The highest BCUT2D eigenvalue weighted by molar-refractivity contribution is 5.86. The number of benzene rings is 1. The fourth-order valence-corrected chi connectivity index (χ4v) is 6.93. The summed E-state index contributed by atoms with van der Waals surface area (Å²) in [5, 5.41) is 17.1. The predicted molar refractivity (Wildman–Crippen MR) is 103 cm³/mol. The van der Waals surface area contributed by atoms with Crippen molar-refractivity contribution in [3.63, 3.8) is 0 Å². The molecule has 4 saturated carbocycles. The van der Waals surface area contributed by atoms with E-state index in [1.165, 1.54) is 44.1 Å². The summed E-state index contributed by atoms with van der Waals surface area (Å²) in [6.45, 7) is 0. The molecule has 1 aromatic carbocycles. The van der Waals surface area contributed by atoms with Crippen LogP contribution in [0, 0.1) is 29.1 Å². The number of nitrogens with zero attached hydrogens (tertiary/aromatic N) is 4. The Hall–Kier alpha value is -2.61. The van der Waals surface area contributed by atoms with Crippen LogP contribution in [0.4, 0.5) is 0 Å². The Bertz CT molecular complexity index is 1050. The van der Waals surface area contributed by atoms with Crippen molar-refractivity contribution >= 4 is 11.0 Å². The summed E-state index contributed by atoms with van der Waals surface area (Å²) in [7, 11) is 2.06. The summed E-state index contributed by atoms with van der Waals surface area (Å²) in [5.41, 5.74) is 5.29. The van der Waals surface area contributed by atoms with Gasteiger partial charge in [0.15, 0.2) is 5.82 Å². The van der Waals surface area contributed by atoms with Crippen LogP contribution in [0.2, 0.25) is 0 Å². The molecular weight excluding hydrogens is 334 g/mol. The van der Waals surface area contributed by atoms with E-state index in [0.29, 0.717) is 0 Å². The van der Waals surface area contributed by atoms with Gasteiger partial charge in [-0.1, -0.05) is 0 Å². The smallest absolute Gasteiger partial charge is 0.158 e. The van der Waals surface area contributed by atoms with Gasteiger partial charge in [0, 0.05) is 18.8 Å². The molecule has 27 heavy (non-hydrogen) atoms. The fourth-order valence-electron chi connectivity index (χ4n) is 6.93. The first-order chi connectivity index (χ1) is 13.2. The van der Waals surface area contributed by atoms with E-state index in [1.54, 1.807) is 6.20 Å². The Morgan fingerprint density at radius 3 is 2.41 bits per heavy atom. The molecule has 5 nitrogen and oxygen atoms in total. The molecule has 4 aliphatic carbocycles. The molecule has 136 valence electrons. The minimum absolute atomic E-state index is 0.152. The summed E-state index contributed by atoms with van der Waals surface area (Å²) in [6, 6.07) is 8.54. The van der Waals surface area contributed by atoms with Gasteiger partial charge >= 0.3 is 0 Å². The molecule has 5 heteroatoms. The minimum atomic E-state index is 0.152. The highest BCUT2D eigenvalue weighted by Gasteiger charge is 2.53. The van der Waals surface area contributed by atoms with Crippen molar-refractivity contribution in [1.82, 2.24) is 19.7 Å². The third kappa shape index (κ3) is 2.04. The zero-order valence-corrected chi connectivity index (χ0v) is 15.6. The lowest BCUT2D eigenvalue weighted by Crippen LogP contribution is -2.49. The molecule has 2 aromatic heterocycles. The van der Waals surface area contributed by atoms with Gasteiger partial charge in [-0.15, -0.1) is 0 Å². The lowest BCUT2D eigenvalue weighted by molar-refractivity contribution is -0.00468. The zero-order valence-electron chi connectivity index (χ0n) is 15.6. The third-order valence-electron chi connectivity index (χ3n) is 7.48. The highest BCUT2D eigenvalue weighted by atomic mass is 15.2. The van der Waals surface area contributed by atoms with E-state index in [1.807, 2.05) is 12.1 Å². The van der Waals surface area contributed by atoms with Crippen molar-refractivity contribution < 1.29 is 0 Å². The molecule has 2 heterocycles. The fraction of sp³-hybridized carbons (Fsp3) is 0.500. The normalized spacial score (nSPS) is 31.5. The molecule has 7 rings (SSSR count). The number of H-pyrrole nitrogens is 1. The number of hydrogen-bond acceptors (Lipinski definition) is 3. The van der Waals surface area contributed by atoms with Crippen LogP contribution in [-0.2, 0) is 12.5 Å². The van der Waals surface area contributed by atoms with Gasteiger partial charge in [0.1, 0.15) is 5.69 Å². The van der Waals surface area contributed by atoms with Gasteiger partial charge in [-0.05, 0) is 79.9 Å². The van der Waals surface area contributed by atoms with Crippen LogP contribution in [-0.4, -0.2) is 19.7 Å². The van der Waals surface area contributed by atoms with E-state index in [2.05, 4.69) is 33.9 Å².